The van der Waals surface area contributed by atoms with Crippen LogP contribution in [-0.2, 0) is 6.42 Å². The summed E-state index contributed by atoms with van der Waals surface area (Å²) in [7, 11) is 2.00. The normalized spacial score (nSPS) is 12.3. The minimum absolute atomic E-state index is 0.518. The third kappa shape index (κ3) is 7.54. The maximum absolute atomic E-state index is 5.78. The molecule has 1 aromatic carbocycles. The van der Waals surface area contributed by atoms with Crippen LogP contribution in [0.25, 0.3) is 0 Å². The molecule has 1 rings (SSSR count). The number of nitrogens with one attached hydrogen (secondary N) is 1. The van der Waals surface area contributed by atoms with Gasteiger partial charge in [-0.2, -0.15) is 0 Å². The van der Waals surface area contributed by atoms with Crippen molar-refractivity contribution in [2.24, 2.45) is 0 Å². The van der Waals surface area contributed by atoms with Gasteiger partial charge in [-0.25, -0.2) is 0 Å². The molecular weight excluding hydrogens is 246 g/mol. The summed E-state index contributed by atoms with van der Waals surface area (Å²) in [4.78, 5) is 0. The van der Waals surface area contributed by atoms with Gasteiger partial charge >= 0.3 is 0 Å². The molecule has 0 spiro atoms. The first-order chi connectivity index (χ1) is 9.76. The van der Waals surface area contributed by atoms with E-state index in [-0.39, 0.29) is 0 Å². The van der Waals surface area contributed by atoms with Crippen LogP contribution in [0.4, 0.5) is 0 Å². The van der Waals surface area contributed by atoms with E-state index < -0.39 is 0 Å². The summed E-state index contributed by atoms with van der Waals surface area (Å²) in [5.74, 6) is 0.999. The minimum Gasteiger partial charge on any atom is -0.494 e. The van der Waals surface area contributed by atoms with Gasteiger partial charge in [-0.1, -0.05) is 51.2 Å². The van der Waals surface area contributed by atoms with Crippen LogP contribution in [0.2, 0.25) is 0 Å². The molecule has 0 aliphatic carbocycles. The molecule has 0 bridgehead atoms. The Kier molecular flexibility index (Phi) is 9.14. The molecule has 1 unspecified atom stereocenters. The second-order valence-corrected chi connectivity index (χ2v) is 5.65. The predicted molar refractivity (Wildman–Crippen MR) is 87.5 cm³/mol. The number of hydrogen-bond donors (Lipinski definition) is 1. The van der Waals surface area contributed by atoms with Crippen molar-refractivity contribution in [2.75, 3.05) is 13.7 Å². The minimum atomic E-state index is 0.518. The standard InChI is InChI=1S/C18H31NO/c1-4-5-6-7-8-9-14-20-18-12-10-17(11-13-18)15-16(2)19-3/h10-13,16,19H,4-9,14-15H2,1-3H3. The third-order valence-electron chi connectivity index (χ3n) is 3.72. The van der Waals surface area contributed by atoms with E-state index in [1.165, 1.54) is 44.1 Å². The van der Waals surface area contributed by atoms with Crippen LogP contribution in [0.15, 0.2) is 24.3 Å². The van der Waals surface area contributed by atoms with Gasteiger partial charge in [0.1, 0.15) is 5.75 Å². The zero-order chi connectivity index (χ0) is 14.6. The Morgan fingerprint density at radius 1 is 1.00 bits per heavy atom. The molecule has 2 nitrogen and oxygen atoms in total. The van der Waals surface area contributed by atoms with E-state index in [4.69, 9.17) is 4.74 Å². The molecule has 0 heterocycles. The maximum atomic E-state index is 5.78. The summed E-state index contributed by atoms with van der Waals surface area (Å²) in [6.45, 7) is 5.30. The van der Waals surface area contributed by atoms with Crippen molar-refractivity contribution in [3.8, 4) is 5.75 Å². The van der Waals surface area contributed by atoms with E-state index >= 15 is 0 Å². The fraction of sp³-hybridized carbons (Fsp3) is 0.667. The van der Waals surface area contributed by atoms with Gasteiger partial charge in [0.25, 0.3) is 0 Å². The fourth-order valence-corrected chi connectivity index (χ4v) is 2.25. The Hall–Kier alpha value is -1.02. The molecule has 0 radical (unpaired) electrons. The quantitative estimate of drug-likeness (QED) is 0.598. The number of rotatable bonds is 11. The second-order valence-electron chi connectivity index (χ2n) is 5.65. The van der Waals surface area contributed by atoms with Crippen molar-refractivity contribution >= 4 is 0 Å². The molecule has 1 atom stereocenters. The van der Waals surface area contributed by atoms with Crippen molar-refractivity contribution in [3.63, 3.8) is 0 Å². The average Bonchev–Trinajstić information content (AvgIpc) is 2.48. The Balaban J connectivity index is 2.15. The van der Waals surface area contributed by atoms with Gasteiger partial charge in [0.2, 0.25) is 0 Å². The number of hydrogen-bond acceptors (Lipinski definition) is 2. The molecule has 1 aromatic rings. The average molecular weight is 277 g/mol. The number of unbranched alkanes of at least 4 members (excludes halogenated alkanes) is 5. The summed E-state index contributed by atoms with van der Waals surface area (Å²) >= 11 is 0. The van der Waals surface area contributed by atoms with Crippen molar-refractivity contribution in [1.82, 2.24) is 5.32 Å². The van der Waals surface area contributed by atoms with Crippen molar-refractivity contribution in [1.29, 1.82) is 0 Å². The highest BCUT2D eigenvalue weighted by molar-refractivity contribution is 5.27. The molecule has 0 saturated carbocycles. The molecule has 0 amide bonds. The summed E-state index contributed by atoms with van der Waals surface area (Å²) in [5.41, 5.74) is 1.36. The first-order valence-electron chi connectivity index (χ1n) is 8.15. The smallest absolute Gasteiger partial charge is 0.119 e. The van der Waals surface area contributed by atoms with Gasteiger partial charge in [-0.15, -0.1) is 0 Å². The summed E-state index contributed by atoms with van der Waals surface area (Å²) in [5, 5.41) is 3.26. The van der Waals surface area contributed by atoms with Crippen LogP contribution >= 0.6 is 0 Å². The zero-order valence-corrected chi connectivity index (χ0v) is 13.5. The SMILES string of the molecule is CCCCCCCCOc1ccc(CC(C)NC)cc1. The molecule has 114 valence electrons. The molecule has 1 N–H and O–H groups in total. The van der Waals surface area contributed by atoms with Crippen LogP contribution in [0.3, 0.4) is 0 Å². The third-order valence-corrected chi connectivity index (χ3v) is 3.72. The topological polar surface area (TPSA) is 21.3 Å². The summed E-state index contributed by atoms with van der Waals surface area (Å²) < 4.78 is 5.78. The lowest BCUT2D eigenvalue weighted by Crippen LogP contribution is -2.23. The highest BCUT2D eigenvalue weighted by atomic mass is 16.5. The first kappa shape index (κ1) is 17.0. The Labute approximate surface area is 124 Å². The fourth-order valence-electron chi connectivity index (χ4n) is 2.25. The van der Waals surface area contributed by atoms with Gasteiger partial charge in [0.05, 0.1) is 6.61 Å². The molecule has 0 fully saturated rings. The van der Waals surface area contributed by atoms with Crippen molar-refractivity contribution in [3.05, 3.63) is 29.8 Å². The molecule has 0 aliphatic rings. The van der Waals surface area contributed by atoms with Crippen LogP contribution in [0.1, 0.15) is 57.9 Å². The van der Waals surface area contributed by atoms with Crippen LogP contribution in [-0.4, -0.2) is 19.7 Å². The zero-order valence-electron chi connectivity index (χ0n) is 13.5. The number of likely N-dealkylation sites (N-methyl/N-ethyl adjacent to an activating group) is 1. The Morgan fingerprint density at radius 3 is 2.30 bits per heavy atom. The molecule has 2 heteroatoms. The summed E-state index contributed by atoms with van der Waals surface area (Å²) in [6, 6.07) is 9.04. The van der Waals surface area contributed by atoms with E-state index in [9.17, 15) is 0 Å². The van der Waals surface area contributed by atoms with Crippen LogP contribution in [0.5, 0.6) is 5.75 Å². The lowest BCUT2D eigenvalue weighted by Gasteiger charge is -2.11. The van der Waals surface area contributed by atoms with Gasteiger partial charge in [-0.05, 0) is 44.5 Å². The molecule has 0 saturated heterocycles. The molecule has 20 heavy (non-hydrogen) atoms. The van der Waals surface area contributed by atoms with Crippen LogP contribution in [0, 0.1) is 0 Å². The Morgan fingerprint density at radius 2 is 1.65 bits per heavy atom. The molecule has 0 aliphatic heterocycles. The monoisotopic (exact) mass is 277 g/mol. The van der Waals surface area contributed by atoms with Gasteiger partial charge in [-0.3, -0.25) is 0 Å². The van der Waals surface area contributed by atoms with E-state index in [0.717, 1.165) is 18.8 Å². The highest BCUT2D eigenvalue weighted by Gasteiger charge is 2.01. The first-order valence-corrected chi connectivity index (χ1v) is 8.15. The lowest BCUT2D eigenvalue weighted by atomic mass is 10.1. The largest absolute Gasteiger partial charge is 0.494 e. The predicted octanol–water partition coefficient (Wildman–Crippen LogP) is 4.58. The molecular formula is C18H31NO. The van der Waals surface area contributed by atoms with Crippen molar-refractivity contribution < 1.29 is 4.74 Å². The van der Waals surface area contributed by atoms with E-state index in [0.29, 0.717) is 6.04 Å². The van der Waals surface area contributed by atoms with Gasteiger partial charge < -0.3 is 10.1 Å². The number of ether oxygens (including phenoxy) is 1. The van der Waals surface area contributed by atoms with Gasteiger partial charge in [0.15, 0.2) is 0 Å². The second kappa shape index (κ2) is 10.7. The molecule has 0 aromatic heterocycles. The van der Waals surface area contributed by atoms with Gasteiger partial charge in [0, 0.05) is 6.04 Å². The van der Waals surface area contributed by atoms with E-state index in [1.807, 2.05) is 7.05 Å². The van der Waals surface area contributed by atoms with Crippen molar-refractivity contribution in [2.45, 2.75) is 64.8 Å². The highest BCUT2D eigenvalue weighted by Crippen LogP contribution is 2.14. The Bertz CT molecular complexity index is 334. The van der Waals surface area contributed by atoms with Crippen LogP contribution < -0.4 is 10.1 Å². The maximum Gasteiger partial charge on any atom is 0.119 e. The van der Waals surface area contributed by atoms with E-state index in [1.54, 1.807) is 0 Å². The summed E-state index contributed by atoms with van der Waals surface area (Å²) in [6.07, 6.45) is 8.92. The lowest BCUT2D eigenvalue weighted by molar-refractivity contribution is 0.304. The number of benzene rings is 1. The van der Waals surface area contributed by atoms with E-state index in [2.05, 4.69) is 43.4 Å².